The predicted molar refractivity (Wildman–Crippen MR) is 172 cm³/mol. The van der Waals surface area contributed by atoms with Gasteiger partial charge in [-0.05, 0) is 6.42 Å². The molecule has 10 N–H and O–H groups in total. The van der Waals surface area contributed by atoms with Crippen LogP contribution >= 0.6 is 13.3 Å². The van der Waals surface area contributed by atoms with E-state index in [9.17, 15) is 30.2 Å². The molecule has 0 aliphatic carbocycles. The minimum absolute atomic E-state index is 0.0514. The number of fused-ring (bicyclic) bond motifs is 2. The smallest absolute Gasteiger partial charge is 0.167 e. The Labute approximate surface area is 286 Å². The molecule has 4 aromatic rings. The van der Waals surface area contributed by atoms with Crippen LogP contribution in [0.4, 0.5) is 11.6 Å². The van der Waals surface area contributed by atoms with Crippen LogP contribution in [-0.4, -0.2) is 122 Å². The number of nitrogens with two attached hydrogens (primary N) is 2. The monoisotopic (exact) mass is 762 g/mol. The molecule has 268 valence electrons. The lowest BCUT2D eigenvalue weighted by atomic mass is 10.1. The third kappa shape index (κ3) is 7.74. The zero-order valence-electron chi connectivity index (χ0n) is 25.1. The van der Waals surface area contributed by atoms with Crippen LogP contribution in [0.3, 0.4) is 0 Å². The van der Waals surface area contributed by atoms with E-state index in [1.165, 1.54) is 34.4 Å². The van der Waals surface area contributed by atoms with E-state index in [0.717, 1.165) is 0 Å². The highest BCUT2D eigenvalue weighted by Crippen LogP contribution is 2.38. The van der Waals surface area contributed by atoms with Crippen molar-refractivity contribution < 1.29 is 48.7 Å². The summed E-state index contributed by atoms with van der Waals surface area (Å²) in [6.07, 6.45) is -4.64. The molecule has 0 saturated carbocycles. The van der Waals surface area contributed by atoms with Crippen LogP contribution in [0, 0.1) is 0 Å². The molecule has 49 heavy (non-hydrogen) atoms. The number of nitrogens with one attached hydrogen (secondary N) is 2. The Balaban J connectivity index is 0.918. The Morgan fingerprint density at radius 1 is 0.714 bits per heavy atom. The highest BCUT2D eigenvalue weighted by Gasteiger charge is 2.46. The van der Waals surface area contributed by atoms with Gasteiger partial charge in [-0.2, -0.15) is 0 Å². The van der Waals surface area contributed by atoms with Crippen molar-refractivity contribution in [1.82, 2.24) is 49.2 Å². The minimum atomic E-state index is -3.82. The summed E-state index contributed by atoms with van der Waals surface area (Å²) in [6.45, 7) is -8.37. The first kappa shape index (κ1) is 36.3. The van der Waals surface area contributed by atoms with Crippen molar-refractivity contribution in [3.63, 3.8) is 0 Å². The SMILES string of the molecule is Nc1ncnc2c1ncn2C1O[C@H](COP([O-])(=S)NCCCNP([O-])(=S)OCC2O[C@@H](n3cnc4c(N)ncnc43)[C@H](O)[C@@H]2O)[C@@H](O)[C@H]1O. The molecule has 2 aliphatic rings. The van der Waals surface area contributed by atoms with Gasteiger partial charge in [0.2, 0.25) is 0 Å². The van der Waals surface area contributed by atoms with E-state index < -0.39 is 75.6 Å². The fraction of sp³-hybridized carbons (Fsp3) is 0.565. The Morgan fingerprint density at radius 2 is 1.12 bits per heavy atom. The van der Waals surface area contributed by atoms with Crippen LogP contribution in [0.5, 0.6) is 0 Å². The van der Waals surface area contributed by atoms with Gasteiger partial charge < -0.3 is 60.2 Å². The van der Waals surface area contributed by atoms with Gasteiger partial charge in [0, 0.05) is 13.1 Å². The summed E-state index contributed by atoms with van der Waals surface area (Å²) in [6, 6.07) is 0. The van der Waals surface area contributed by atoms with E-state index in [4.69, 9.17) is 53.6 Å². The van der Waals surface area contributed by atoms with Crippen molar-refractivity contribution in [1.29, 1.82) is 0 Å². The number of imidazole rings is 2. The molecule has 6 heterocycles. The largest absolute Gasteiger partial charge is 0.789 e. The second-order valence-electron chi connectivity index (χ2n) is 11.0. The number of aromatic nitrogens is 8. The van der Waals surface area contributed by atoms with Crippen molar-refractivity contribution >= 4 is 70.9 Å². The number of hydrogen-bond acceptors (Lipinski definition) is 20. The molecule has 2 saturated heterocycles. The molecule has 4 aromatic heterocycles. The highest BCUT2D eigenvalue weighted by molar-refractivity contribution is 8.08. The molecular formula is C23H32N12O10P2S2-2. The molecular weight excluding hydrogens is 730 g/mol. The van der Waals surface area contributed by atoms with Crippen molar-refractivity contribution in [2.75, 3.05) is 37.8 Å². The van der Waals surface area contributed by atoms with Crippen LogP contribution in [0.2, 0.25) is 0 Å². The topological polar surface area (TPSA) is 327 Å². The van der Waals surface area contributed by atoms with Gasteiger partial charge in [-0.3, -0.25) is 19.3 Å². The summed E-state index contributed by atoms with van der Waals surface area (Å²) in [5.41, 5.74) is 12.8. The molecule has 26 heteroatoms. The molecule has 22 nitrogen and oxygen atoms in total. The van der Waals surface area contributed by atoms with E-state index in [1.54, 1.807) is 0 Å². The first-order chi connectivity index (χ1) is 23.3. The van der Waals surface area contributed by atoms with Gasteiger partial charge >= 0.3 is 0 Å². The lowest BCUT2D eigenvalue weighted by molar-refractivity contribution is -0.189. The average Bonchev–Trinajstić information content (AvgIpc) is 3.81. The van der Waals surface area contributed by atoms with Gasteiger partial charge in [0.15, 0.2) is 35.4 Å². The maximum atomic E-state index is 12.8. The first-order valence-electron chi connectivity index (χ1n) is 14.6. The van der Waals surface area contributed by atoms with E-state index in [1.807, 2.05) is 0 Å². The van der Waals surface area contributed by atoms with Crippen LogP contribution in [0.1, 0.15) is 18.9 Å². The lowest BCUT2D eigenvalue weighted by Crippen LogP contribution is -2.35. The molecule has 10 atom stereocenters. The number of hydrogen-bond donors (Lipinski definition) is 8. The zero-order chi connectivity index (χ0) is 35.1. The quantitative estimate of drug-likeness (QED) is 0.0446. The molecule has 0 bridgehead atoms. The van der Waals surface area contributed by atoms with Crippen LogP contribution in [0.25, 0.3) is 22.3 Å². The summed E-state index contributed by atoms with van der Waals surface area (Å²) in [5.74, 6) is 0.259. The molecule has 0 amide bonds. The fourth-order valence-corrected chi connectivity index (χ4v) is 7.91. The van der Waals surface area contributed by atoms with Crippen molar-refractivity contribution in [3.05, 3.63) is 25.3 Å². The molecule has 0 aromatic carbocycles. The van der Waals surface area contributed by atoms with Gasteiger partial charge in [-0.1, -0.05) is 23.6 Å². The van der Waals surface area contributed by atoms with Crippen molar-refractivity contribution in [2.45, 2.75) is 55.5 Å². The van der Waals surface area contributed by atoms with Gasteiger partial charge in [-0.15, -0.1) is 0 Å². The van der Waals surface area contributed by atoms with E-state index in [2.05, 4.69) is 40.1 Å². The molecule has 0 radical (unpaired) electrons. The number of anilines is 2. The average molecular weight is 763 g/mol. The Hall–Kier alpha value is -2.48. The number of aliphatic hydroxyl groups excluding tert-OH is 4. The standard InChI is InChI=1S/C23H34N12O10P2S2/c24-18-12-20(28-6-26-18)34(8-30-12)22-16(38)14(36)10(44-22)4-42-46(40,48)32-2-1-3-33-47(41,49)43-5-11-15(37)17(39)23(45-11)35-9-31-13-19(25)27-7-29-21(13)35/h6-11,14-17,22-23,36-39H,1-5H2,(H2,24,26,28)(H2,25,27,29)(H2,32,40,48)(H2,33,41,49)/p-2/t10-,11?,14-,15-,16-,17-,22?,23-,46?,47?/m1/s1. The zero-order valence-corrected chi connectivity index (χ0v) is 28.6. The van der Waals surface area contributed by atoms with Gasteiger partial charge in [0.05, 0.1) is 39.2 Å². The maximum absolute atomic E-state index is 12.8. The Kier molecular flexibility index (Phi) is 10.8. The van der Waals surface area contributed by atoms with E-state index >= 15 is 0 Å². The number of rotatable bonds is 14. The van der Waals surface area contributed by atoms with Crippen LogP contribution < -0.4 is 31.4 Å². The number of ether oxygens (including phenoxy) is 2. The fourth-order valence-electron chi connectivity index (χ4n) is 5.26. The minimum Gasteiger partial charge on any atom is -0.789 e. The summed E-state index contributed by atoms with van der Waals surface area (Å²) in [4.78, 5) is 49.7. The summed E-state index contributed by atoms with van der Waals surface area (Å²) >= 11 is 10.1. The van der Waals surface area contributed by atoms with Crippen LogP contribution in [0.15, 0.2) is 25.3 Å². The maximum Gasteiger partial charge on any atom is 0.167 e. The lowest BCUT2D eigenvalue weighted by Gasteiger charge is -2.32. The number of nitrogens with zero attached hydrogens (tertiary/aromatic N) is 8. The third-order valence-electron chi connectivity index (χ3n) is 7.78. The van der Waals surface area contributed by atoms with Crippen molar-refractivity contribution in [2.24, 2.45) is 0 Å². The number of nitrogen functional groups attached to an aromatic ring is 2. The Bertz CT molecular complexity index is 1760. The summed E-state index contributed by atoms with van der Waals surface area (Å²) < 4.78 is 24.9. The summed E-state index contributed by atoms with van der Waals surface area (Å²) in [5, 5.41) is 47.4. The van der Waals surface area contributed by atoms with Gasteiger partial charge in [-0.25, -0.2) is 29.9 Å². The molecule has 6 rings (SSSR count). The molecule has 0 spiro atoms. The first-order valence-corrected chi connectivity index (χ1v) is 19.8. The summed E-state index contributed by atoms with van der Waals surface area (Å²) in [7, 11) is 0. The number of aliphatic hydroxyl groups is 4. The van der Waals surface area contributed by atoms with Gasteiger partial charge in [0.1, 0.15) is 60.3 Å². The highest BCUT2D eigenvalue weighted by atomic mass is 32.5. The van der Waals surface area contributed by atoms with E-state index in [-0.39, 0.29) is 53.5 Å². The normalized spacial score (nSPS) is 29.8. The van der Waals surface area contributed by atoms with E-state index in [0.29, 0.717) is 0 Å². The molecule has 2 fully saturated rings. The predicted octanol–water partition coefficient (Wildman–Crippen LogP) is -4.16. The van der Waals surface area contributed by atoms with Crippen molar-refractivity contribution in [3.8, 4) is 0 Å². The van der Waals surface area contributed by atoms with Gasteiger partial charge in [0.25, 0.3) is 0 Å². The molecule has 2 aliphatic heterocycles. The second kappa shape index (κ2) is 14.6. The Morgan fingerprint density at radius 3 is 1.53 bits per heavy atom. The van der Waals surface area contributed by atoms with Crippen LogP contribution in [-0.2, 0) is 42.1 Å². The second-order valence-corrected chi connectivity index (χ2v) is 17.0. The molecule has 4 unspecified atom stereocenters. The third-order valence-corrected chi connectivity index (χ3v) is 11.4.